The van der Waals surface area contributed by atoms with Gasteiger partial charge in [0.2, 0.25) is 0 Å². The molecule has 0 aliphatic rings. The highest BCUT2D eigenvalue weighted by Crippen LogP contribution is 2.28. The van der Waals surface area contributed by atoms with E-state index in [1.54, 1.807) is 6.92 Å². The first kappa shape index (κ1) is 10.2. The molecular formula is C11H14F2. The van der Waals surface area contributed by atoms with Crippen LogP contribution in [0, 0.1) is 18.6 Å². The van der Waals surface area contributed by atoms with Crippen molar-refractivity contribution in [2.75, 3.05) is 0 Å². The van der Waals surface area contributed by atoms with Crippen LogP contribution < -0.4 is 0 Å². The van der Waals surface area contributed by atoms with Gasteiger partial charge in [-0.05, 0) is 29.5 Å². The Kier molecular flexibility index (Phi) is 2.42. The molecule has 72 valence electrons. The molecule has 0 aliphatic carbocycles. The summed E-state index contributed by atoms with van der Waals surface area (Å²) in [5.74, 6) is -0.965. The zero-order valence-corrected chi connectivity index (χ0v) is 8.41. The van der Waals surface area contributed by atoms with Gasteiger partial charge in [0.15, 0.2) is 0 Å². The third-order valence-corrected chi connectivity index (χ3v) is 2.00. The molecule has 0 heterocycles. The molecule has 0 bridgehead atoms. The van der Waals surface area contributed by atoms with Crippen molar-refractivity contribution in [2.45, 2.75) is 33.1 Å². The second kappa shape index (κ2) is 3.09. The van der Waals surface area contributed by atoms with Crippen LogP contribution in [-0.2, 0) is 5.41 Å². The first-order valence-corrected chi connectivity index (χ1v) is 4.28. The number of halogens is 2. The normalized spacial score (nSPS) is 11.8. The summed E-state index contributed by atoms with van der Waals surface area (Å²) in [4.78, 5) is 0. The molecule has 0 aliphatic heterocycles. The molecule has 0 spiro atoms. The summed E-state index contributed by atoms with van der Waals surface area (Å²) >= 11 is 0. The average molecular weight is 184 g/mol. The summed E-state index contributed by atoms with van der Waals surface area (Å²) in [6, 6.07) is 2.30. The van der Waals surface area contributed by atoms with Gasteiger partial charge in [-0.15, -0.1) is 0 Å². The van der Waals surface area contributed by atoms with E-state index >= 15 is 0 Å². The topological polar surface area (TPSA) is 0 Å². The van der Waals surface area contributed by atoms with E-state index < -0.39 is 11.6 Å². The van der Waals surface area contributed by atoms with E-state index in [0.717, 1.165) is 6.07 Å². The van der Waals surface area contributed by atoms with E-state index in [1.807, 2.05) is 20.8 Å². The fraction of sp³-hybridized carbons (Fsp3) is 0.455. The summed E-state index contributed by atoms with van der Waals surface area (Å²) < 4.78 is 26.1. The molecule has 2 heteroatoms. The fourth-order valence-electron chi connectivity index (χ4n) is 1.65. The Labute approximate surface area is 77.6 Å². The summed E-state index contributed by atoms with van der Waals surface area (Å²) in [5.41, 5.74) is 0.987. The first-order valence-electron chi connectivity index (χ1n) is 4.28. The lowest BCUT2D eigenvalue weighted by molar-refractivity contribution is 0.507. The lowest BCUT2D eigenvalue weighted by Gasteiger charge is -2.22. The molecule has 13 heavy (non-hydrogen) atoms. The van der Waals surface area contributed by atoms with Crippen molar-refractivity contribution in [1.82, 2.24) is 0 Å². The largest absolute Gasteiger partial charge is 0.207 e. The molecule has 0 radical (unpaired) electrons. The SMILES string of the molecule is Cc1cc(F)cc(F)c1C(C)(C)C. The van der Waals surface area contributed by atoms with Crippen LogP contribution in [0.5, 0.6) is 0 Å². The van der Waals surface area contributed by atoms with E-state index in [4.69, 9.17) is 0 Å². The predicted octanol–water partition coefficient (Wildman–Crippen LogP) is 3.57. The van der Waals surface area contributed by atoms with E-state index in [1.165, 1.54) is 6.07 Å². The molecule has 0 saturated carbocycles. The monoisotopic (exact) mass is 184 g/mol. The summed E-state index contributed by atoms with van der Waals surface area (Å²) in [7, 11) is 0. The van der Waals surface area contributed by atoms with Gasteiger partial charge >= 0.3 is 0 Å². The number of benzene rings is 1. The fourth-order valence-corrected chi connectivity index (χ4v) is 1.65. The van der Waals surface area contributed by atoms with Crippen molar-refractivity contribution >= 4 is 0 Å². The van der Waals surface area contributed by atoms with Gasteiger partial charge in [-0.3, -0.25) is 0 Å². The maximum absolute atomic E-state index is 13.4. The zero-order chi connectivity index (χ0) is 10.2. The van der Waals surface area contributed by atoms with Crippen molar-refractivity contribution in [1.29, 1.82) is 0 Å². The summed E-state index contributed by atoms with van der Waals surface area (Å²) in [6.07, 6.45) is 0. The van der Waals surface area contributed by atoms with Crippen molar-refractivity contribution in [3.05, 3.63) is 34.9 Å². The number of aryl methyl sites for hydroxylation is 1. The van der Waals surface area contributed by atoms with Crippen molar-refractivity contribution in [3.63, 3.8) is 0 Å². The molecular weight excluding hydrogens is 170 g/mol. The molecule has 1 aromatic carbocycles. The van der Waals surface area contributed by atoms with E-state index in [2.05, 4.69) is 0 Å². The maximum atomic E-state index is 13.4. The van der Waals surface area contributed by atoms with Gasteiger partial charge in [-0.25, -0.2) is 8.78 Å². The van der Waals surface area contributed by atoms with Gasteiger partial charge in [-0.1, -0.05) is 20.8 Å². The standard InChI is InChI=1S/C11H14F2/c1-7-5-8(12)6-9(13)10(7)11(2,3)4/h5-6H,1-4H3. The molecule has 1 aromatic rings. The van der Waals surface area contributed by atoms with E-state index in [9.17, 15) is 8.78 Å². The van der Waals surface area contributed by atoms with E-state index in [-0.39, 0.29) is 5.41 Å². The van der Waals surface area contributed by atoms with Crippen LogP contribution in [-0.4, -0.2) is 0 Å². The third-order valence-electron chi connectivity index (χ3n) is 2.00. The Morgan fingerprint density at radius 3 is 2.00 bits per heavy atom. The molecule has 0 saturated heterocycles. The lowest BCUT2D eigenvalue weighted by atomic mass is 9.84. The van der Waals surface area contributed by atoms with Crippen LogP contribution in [0.15, 0.2) is 12.1 Å². The van der Waals surface area contributed by atoms with Crippen LogP contribution in [0.1, 0.15) is 31.9 Å². The lowest BCUT2D eigenvalue weighted by Crippen LogP contribution is -2.15. The maximum Gasteiger partial charge on any atom is 0.130 e. The Morgan fingerprint density at radius 2 is 1.62 bits per heavy atom. The number of hydrogen-bond donors (Lipinski definition) is 0. The Hall–Kier alpha value is -0.920. The van der Waals surface area contributed by atoms with Gasteiger partial charge in [0.1, 0.15) is 11.6 Å². The summed E-state index contributed by atoms with van der Waals surface area (Å²) in [6.45, 7) is 7.47. The number of hydrogen-bond acceptors (Lipinski definition) is 0. The molecule has 0 aromatic heterocycles. The van der Waals surface area contributed by atoms with E-state index in [0.29, 0.717) is 11.1 Å². The zero-order valence-electron chi connectivity index (χ0n) is 8.41. The Bertz CT molecular complexity index is 298. The van der Waals surface area contributed by atoms with Gasteiger partial charge < -0.3 is 0 Å². The molecule has 0 atom stereocenters. The highest BCUT2D eigenvalue weighted by Gasteiger charge is 2.21. The predicted molar refractivity (Wildman–Crippen MR) is 49.8 cm³/mol. The molecule has 0 N–H and O–H groups in total. The Morgan fingerprint density at radius 1 is 1.08 bits per heavy atom. The van der Waals surface area contributed by atoms with Crippen LogP contribution in [0.4, 0.5) is 8.78 Å². The smallest absolute Gasteiger partial charge is 0.130 e. The molecule has 0 unspecified atom stereocenters. The second-order valence-electron chi connectivity index (χ2n) is 4.33. The highest BCUT2D eigenvalue weighted by molar-refractivity contribution is 5.33. The minimum Gasteiger partial charge on any atom is -0.207 e. The average Bonchev–Trinajstić information content (AvgIpc) is 1.78. The highest BCUT2D eigenvalue weighted by atomic mass is 19.1. The second-order valence-corrected chi connectivity index (χ2v) is 4.33. The van der Waals surface area contributed by atoms with Crippen molar-refractivity contribution in [3.8, 4) is 0 Å². The van der Waals surface area contributed by atoms with Gasteiger partial charge in [0.05, 0.1) is 0 Å². The minimum absolute atomic E-state index is 0.276. The van der Waals surface area contributed by atoms with Crippen LogP contribution in [0.3, 0.4) is 0 Å². The Balaban J connectivity index is 3.38. The van der Waals surface area contributed by atoms with Crippen molar-refractivity contribution in [2.24, 2.45) is 0 Å². The molecule has 0 fully saturated rings. The van der Waals surface area contributed by atoms with Gasteiger partial charge in [-0.2, -0.15) is 0 Å². The van der Waals surface area contributed by atoms with Gasteiger partial charge in [0.25, 0.3) is 0 Å². The minimum atomic E-state index is -0.511. The molecule has 1 rings (SSSR count). The van der Waals surface area contributed by atoms with Crippen LogP contribution >= 0.6 is 0 Å². The molecule has 0 nitrogen and oxygen atoms in total. The van der Waals surface area contributed by atoms with Gasteiger partial charge in [0, 0.05) is 6.07 Å². The molecule has 0 amide bonds. The number of rotatable bonds is 0. The van der Waals surface area contributed by atoms with Crippen LogP contribution in [0.2, 0.25) is 0 Å². The quantitative estimate of drug-likeness (QED) is 0.578. The van der Waals surface area contributed by atoms with Crippen molar-refractivity contribution < 1.29 is 8.78 Å². The van der Waals surface area contributed by atoms with Crippen LogP contribution in [0.25, 0.3) is 0 Å². The summed E-state index contributed by atoms with van der Waals surface area (Å²) in [5, 5.41) is 0. The third kappa shape index (κ3) is 2.06. The first-order chi connectivity index (χ1) is 5.82.